The average Bonchev–Trinajstić information content (AvgIpc) is 3.19. The number of carbonyl (C=O) groups excluding carboxylic acids is 3. The van der Waals surface area contributed by atoms with Gasteiger partial charge in [0.25, 0.3) is 0 Å². The number of nitrogens with zero attached hydrogens (tertiary/aromatic N) is 4. The zero-order chi connectivity index (χ0) is 39.8. The summed E-state index contributed by atoms with van der Waals surface area (Å²) in [5.41, 5.74) is 3.86. The van der Waals surface area contributed by atoms with Gasteiger partial charge in [-0.1, -0.05) is 48.5 Å². The highest BCUT2D eigenvalue weighted by Crippen LogP contribution is 2.55. The number of fused-ring (bicyclic) bond motifs is 4. The van der Waals surface area contributed by atoms with E-state index in [0.717, 1.165) is 49.1 Å². The van der Waals surface area contributed by atoms with Gasteiger partial charge in [-0.15, -0.1) is 0 Å². The zero-order valence-corrected chi connectivity index (χ0v) is 32.5. The van der Waals surface area contributed by atoms with Gasteiger partial charge >= 0.3 is 0 Å². The standard InChI is InChI=1S/C47H43N6O3/c1-8-52(9-2)40-24-37(50-27(5)54)42(35-22-31-18-14-12-16-29(31)20-33(35)40)45-44(39(26-48)49-7)46(47(45)56)43-36-23-32-19-15-13-17-30(32)21-34(36)41(53(10-3)11-4)25-38(43)51-28(6)55/h12-25,45H,8-11H2,1-6H3,(H,50,54)(H,51,55)/q-1. The Morgan fingerprint density at radius 1 is 0.696 bits per heavy atom. The molecule has 7 rings (SSSR count). The molecule has 1 unspecified atom stereocenters. The van der Waals surface area contributed by atoms with Crippen LogP contribution in [0.5, 0.6) is 0 Å². The third-order valence-electron chi connectivity index (χ3n) is 10.9. The Bertz CT molecular complexity index is 2760. The summed E-state index contributed by atoms with van der Waals surface area (Å²) < 4.78 is 0. The maximum absolute atomic E-state index is 15.3. The van der Waals surface area contributed by atoms with Crippen LogP contribution in [0, 0.1) is 6.57 Å². The third-order valence-corrected chi connectivity index (χ3v) is 10.9. The first-order chi connectivity index (χ1) is 27.1. The summed E-state index contributed by atoms with van der Waals surface area (Å²) in [6.45, 7) is 22.2. The largest absolute Gasteiger partial charge is 0.775 e. The van der Waals surface area contributed by atoms with Gasteiger partial charge in [0.05, 0.1) is 18.2 Å². The van der Waals surface area contributed by atoms with Gasteiger partial charge in [0, 0.05) is 79.0 Å². The molecule has 2 amide bonds. The van der Waals surface area contributed by atoms with Crippen LogP contribution in [-0.2, 0) is 14.4 Å². The van der Waals surface area contributed by atoms with Crippen molar-refractivity contribution in [1.29, 1.82) is 0 Å². The number of Topliss-reactive ketones (excluding diaryl/α,β-unsaturated/α-hetero) is 1. The monoisotopic (exact) mass is 739 g/mol. The van der Waals surface area contributed by atoms with Crippen molar-refractivity contribution in [1.82, 2.24) is 0 Å². The molecule has 0 saturated heterocycles. The minimum absolute atomic E-state index is 0.202. The normalized spacial score (nSPS) is 13.7. The molecule has 0 aromatic heterocycles. The molecular formula is C47H43N6O3-. The van der Waals surface area contributed by atoms with E-state index in [4.69, 9.17) is 6.57 Å². The fourth-order valence-electron chi connectivity index (χ4n) is 8.43. The van der Waals surface area contributed by atoms with E-state index in [1.165, 1.54) is 13.8 Å². The Morgan fingerprint density at radius 3 is 1.57 bits per heavy atom. The predicted molar refractivity (Wildman–Crippen MR) is 232 cm³/mol. The van der Waals surface area contributed by atoms with Crippen LogP contribution in [0.15, 0.2) is 96.2 Å². The number of anilines is 4. The van der Waals surface area contributed by atoms with E-state index in [9.17, 15) is 15.0 Å². The summed E-state index contributed by atoms with van der Waals surface area (Å²) in [4.78, 5) is 49.3. The molecule has 0 bridgehead atoms. The van der Waals surface area contributed by atoms with Crippen LogP contribution in [0.1, 0.15) is 58.6 Å². The quantitative estimate of drug-likeness (QED) is 0.0781. The molecule has 1 atom stereocenters. The molecule has 0 saturated carbocycles. The van der Waals surface area contributed by atoms with Crippen LogP contribution in [0.2, 0.25) is 0 Å². The smallest absolute Gasteiger partial charge is 0.221 e. The molecular weight excluding hydrogens is 697 g/mol. The molecule has 2 N–H and O–H groups in total. The van der Waals surface area contributed by atoms with Crippen molar-refractivity contribution in [2.24, 2.45) is 0 Å². The minimum atomic E-state index is -1.06. The lowest BCUT2D eigenvalue weighted by Crippen LogP contribution is -2.32. The number of rotatable bonds is 11. The number of nitrogens with one attached hydrogen (secondary N) is 2. The van der Waals surface area contributed by atoms with Crippen LogP contribution < -0.4 is 20.4 Å². The topological polar surface area (TPSA) is 108 Å². The average molecular weight is 740 g/mol. The van der Waals surface area contributed by atoms with Crippen LogP contribution >= 0.6 is 0 Å². The van der Waals surface area contributed by atoms with Crippen molar-refractivity contribution < 1.29 is 14.4 Å². The molecule has 0 aliphatic heterocycles. The Kier molecular flexibility index (Phi) is 10.2. The van der Waals surface area contributed by atoms with Crippen LogP contribution in [0.4, 0.5) is 22.7 Å². The van der Waals surface area contributed by atoms with Crippen LogP contribution in [0.3, 0.4) is 0 Å². The first kappa shape index (κ1) is 37.6. The SMILES string of the molecule is [C-]#[N+]C(=C=[N-])C1=C(c2c(NC(C)=O)cc(N(CC)CC)c3cc4ccccc4cc23)C(=O)C1c1c(NC(C)=O)cc(N(CC)CC)c2cc3ccccc3cc12. The van der Waals surface area contributed by atoms with Gasteiger partial charge in [0.1, 0.15) is 0 Å². The van der Waals surface area contributed by atoms with Crippen LogP contribution in [0.25, 0.3) is 58.9 Å². The summed E-state index contributed by atoms with van der Waals surface area (Å²) in [7, 11) is 0. The molecule has 9 heteroatoms. The van der Waals surface area contributed by atoms with Crippen molar-refractivity contribution in [3.63, 3.8) is 0 Å². The van der Waals surface area contributed by atoms with Gasteiger partial charge in [0.2, 0.25) is 17.5 Å². The summed E-state index contributed by atoms with van der Waals surface area (Å²) in [6, 6.07) is 28.0. The lowest BCUT2D eigenvalue weighted by molar-refractivity contribution is -0.116. The first-order valence-electron chi connectivity index (χ1n) is 19.1. The van der Waals surface area contributed by atoms with Crippen molar-refractivity contribution in [3.8, 4) is 0 Å². The van der Waals surface area contributed by atoms with Gasteiger partial charge in [-0.25, -0.2) is 4.85 Å². The van der Waals surface area contributed by atoms with Crippen molar-refractivity contribution in [2.45, 2.75) is 47.5 Å². The molecule has 0 spiro atoms. The maximum Gasteiger partial charge on any atom is 0.221 e. The highest BCUT2D eigenvalue weighted by Gasteiger charge is 2.46. The lowest BCUT2D eigenvalue weighted by Gasteiger charge is -2.37. The van der Waals surface area contributed by atoms with Gasteiger partial charge in [-0.2, -0.15) is 0 Å². The van der Waals surface area contributed by atoms with E-state index < -0.39 is 5.92 Å². The van der Waals surface area contributed by atoms with E-state index in [0.29, 0.717) is 54.1 Å². The van der Waals surface area contributed by atoms with Crippen molar-refractivity contribution >= 4 is 94.9 Å². The molecule has 9 nitrogen and oxygen atoms in total. The molecule has 0 heterocycles. The minimum Gasteiger partial charge on any atom is -0.775 e. The molecule has 1 aliphatic carbocycles. The number of hydrogen-bond donors (Lipinski definition) is 2. The van der Waals surface area contributed by atoms with Gasteiger partial charge < -0.3 is 25.8 Å². The highest BCUT2D eigenvalue weighted by atomic mass is 16.2. The number of benzene rings is 6. The van der Waals surface area contributed by atoms with E-state index >= 15 is 4.79 Å². The number of ketones is 1. The number of carbonyl (C=O) groups is 3. The molecule has 280 valence electrons. The molecule has 1 aliphatic rings. The molecule has 0 radical (unpaired) electrons. The maximum atomic E-state index is 15.3. The zero-order valence-electron chi connectivity index (χ0n) is 32.5. The van der Waals surface area contributed by atoms with Gasteiger partial charge in [0.15, 0.2) is 5.78 Å². The van der Waals surface area contributed by atoms with Crippen LogP contribution in [-0.4, -0.2) is 49.6 Å². The Labute approximate surface area is 326 Å². The molecule has 0 fully saturated rings. The number of allylic oxidation sites excluding steroid dienone is 2. The molecule has 6 aromatic carbocycles. The highest BCUT2D eigenvalue weighted by molar-refractivity contribution is 6.39. The molecule has 6 aromatic rings. The second-order valence-corrected chi connectivity index (χ2v) is 14.0. The Balaban J connectivity index is 1.64. The van der Waals surface area contributed by atoms with Crippen molar-refractivity contribution in [3.05, 3.63) is 124 Å². The summed E-state index contributed by atoms with van der Waals surface area (Å²) in [5.74, 6) is 0.0877. The summed E-state index contributed by atoms with van der Waals surface area (Å²) >= 11 is 0. The Morgan fingerprint density at radius 2 is 1.12 bits per heavy atom. The summed E-state index contributed by atoms with van der Waals surface area (Å²) in [6.07, 6.45) is 0. The predicted octanol–water partition coefficient (Wildman–Crippen LogP) is 10.1. The van der Waals surface area contributed by atoms with Crippen molar-refractivity contribution in [2.75, 3.05) is 46.6 Å². The van der Waals surface area contributed by atoms with E-state index in [1.807, 2.05) is 72.8 Å². The second kappa shape index (κ2) is 15.2. The first-order valence-corrected chi connectivity index (χ1v) is 19.1. The lowest BCUT2D eigenvalue weighted by atomic mass is 9.66. The van der Waals surface area contributed by atoms with E-state index in [-0.39, 0.29) is 34.4 Å². The third kappa shape index (κ3) is 6.24. The van der Waals surface area contributed by atoms with Gasteiger partial charge in [-0.05, 0) is 108 Å². The van der Waals surface area contributed by atoms with E-state index in [2.05, 4.69) is 71.0 Å². The number of amides is 2. The fraction of sp³-hybridized carbons (Fsp3) is 0.234. The fourth-order valence-corrected chi connectivity index (χ4v) is 8.43. The summed E-state index contributed by atoms with van der Waals surface area (Å²) in [5, 5.41) is 23.7. The molecule has 56 heavy (non-hydrogen) atoms. The van der Waals surface area contributed by atoms with E-state index in [1.54, 1.807) is 0 Å². The second-order valence-electron chi connectivity index (χ2n) is 14.0. The Hall–Kier alpha value is -6.75. The van der Waals surface area contributed by atoms with Gasteiger partial charge in [-0.3, -0.25) is 20.3 Å². The number of hydrogen-bond acceptors (Lipinski definition) is 5.